The zero-order valence-electron chi connectivity index (χ0n) is 8.13. The minimum Gasteiger partial charge on any atom is -0.161 e. The van der Waals surface area contributed by atoms with Gasteiger partial charge in [-0.05, 0) is 36.9 Å². The Bertz CT molecular complexity index is 110. The minimum absolute atomic E-state index is 0.922. The third kappa shape index (κ3) is 2.14. The highest BCUT2D eigenvalue weighted by Crippen LogP contribution is 2.38. The monoisotopic (exact) mass is 172 g/mol. The van der Waals surface area contributed by atoms with Gasteiger partial charge in [-0.15, -0.1) is 0 Å². The Hall–Kier alpha value is 0.350. The van der Waals surface area contributed by atoms with Crippen molar-refractivity contribution >= 4 is 11.8 Å². The molecule has 0 amide bonds. The number of thioether (sulfide) groups is 1. The molecule has 1 rings (SSSR count). The lowest BCUT2D eigenvalue weighted by molar-refractivity contribution is 0.244. The van der Waals surface area contributed by atoms with Crippen molar-refractivity contribution in [1.82, 2.24) is 0 Å². The Morgan fingerprint density at radius 3 is 1.82 bits per heavy atom. The summed E-state index contributed by atoms with van der Waals surface area (Å²) >= 11 is 2.06. The van der Waals surface area contributed by atoms with Crippen LogP contribution in [0.3, 0.4) is 0 Å². The molecule has 0 aromatic rings. The summed E-state index contributed by atoms with van der Waals surface area (Å²) in [6.07, 6.45) is 5.14. The van der Waals surface area contributed by atoms with E-state index in [0.717, 1.165) is 23.0 Å². The fourth-order valence-corrected chi connectivity index (χ4v) is 3.81. The van der Waals surface area contributed by atoms with E-state index >= 15 is 0 Å². The van der Waals surface area contributed by atoms with E-state index in [2.05, 4.69) is 38.8 Å². The minimum atomic E-state index is 0.922. The van der Waals surface area contributed by atoms with E-state index < -0.39 is 0 Å². The zero-order chi connectivity index (χ0) is 8.43. The van der Waals surface area contributed by atoms with Gasteiger partial charge in [0.2, 0.25) is 0 Å². The largest absolute Gasteiger partial charge is 0.161 e. The van der Waals surface area contributed by atoms with Crippen LogP contribution < -0.4 is 0 Å². The van der Waals surface area contributed by atoms with Crippen LogP contribution in [0.15, 0.2) is 0 Å². The molecular weight excluding hydrogens is 152 g/mol. The Balaban J connectivity index is 2.52. The van der Waals surface area contributed by atoms with Crippen LogP contribution in [0.2, 0.25) is 0 Å². The molecule has 1 fully saturated rings. The molecule has 0 nitrogen and oxygen atoms in total. The van der Waals surface area contributed by atoms with Crippen LogP contribution in [-0.2, 0) is 0 Å². The molecule has 0 saturated heterocycles. The first-order chi connectivity index (χ1) is 5.15. The topological polar surface area (TPSA) is 0 Å². The molecule has 0 aromatic heterocycles. The SMILES string of the molecule is CSC1C(C)CC(C)CC1C. The summed E-state index contributed by atoms with van der Waals surface area (Å²) in [6.45, 7) is 7.21. The smallest absolute Gasteiger partial charge is 0.00957 e. The Labute approximate surface area is 75.1 Å². The summed E-state index contributed by atoms with van der Waals surface area (Å²) in [5.41, 5.74) is 0. The van der Waals surface area contributed by atoms with Crippen molar-refractivity contribution in [3.63, 3.8) is 0 Å². The van der Waals surface area contributed by atoms with E-state index in [-0.39, 0.29) is 0 Å². The first kappa shape index (κ1) is 9.44. The van der Waals surface area contributed by atoms with E-state index in [9.17, 15) is 0 Å². The van der Waals surface area contributed by atoms with E-state index in [0.29, 0.717) is 0 Å². The van der Waals surface area contributed by atoms with Gasteiger partial charge in [-0.3, -0.25) is 0 Å². The molecule has 0 aromatic carbocycles. The molecule has 2 unspecified atom stereocenters. The first-order valence-electron chi connectivity index (χ1n) is 4.68. The summed E-state index contributed by atoms with van der Waals surface area (Å²) in [4.78, 5) is 0. The van der Waals surface area contributed by atoms with Gasteiger partial charge in [0.1, 0.15) is 0 Å². The van der Waals surface area contributed by atoms with Crippen LogP contribution in [0.4, 0.5) is 0 Å². The van der Waals surface area contributed by atoms with Gasteiger partial charge in [-0.1, -0.05) is 20.8 Å². The Kier molecular flexibility index (Phi) is 3.29. The molecular formula is C10H20S. The van der Waals surface area contributed by atoms with Gasteiger partial charge < -0.3 is 0 Å². The van der Waals surface area contributed by atoms with E-state index in [1.165, 1.54) is 12.8 Å². The third-order valence-corrected chi connectivity index (χ3v) is 4.42. The maximum Gasteiger partial charge on any atom is 0.00957 e. The molecule has 0 bridgehead atoms. The second kappa shape index (κ2) is 3.84. The van der Waals surface area contributed by atoms with Crippen LogP contribution in [0.1, 0.15) is 33.6 Å². The molecule has 0 N–H and O–H groups in total. The van der Waals surface area contributed by atoms with Crippen molar-refractivity contribution in [3.8, 4) is 0 Å². The normalized spacial score (nSPS) is 45.8. The Morgan fingerprint density at radius 1 is 1.00 bits per heavy atom. The molecule has 1 aliphatic carbocycles. The van der Waals surface area contributed by atoms with Crippen molar-refractivity contribution in [2.45, 2.75) is 38.9 Å². The number of hydrogen-bond acceptors (Lipinski definition) is 1. The van der Waals surface area contributed by atoms with E-state index in [1.807, 2.05) is 0 Å². The molecule has 1 aliphatic rings. The third-order valence-electron chi connectivity index (χ3n) is 2.94. The predicted octanol–water partition coefficient (Wildman–Crippen LogP) is 3.42. The van der Waals surface area contributed by atoms with Gasteiger partial charge in [0.05, 0.1) is 0 Å². The van der Waals surface area contributed by atoms with E-state index in [4.69, 9.17) is 0 Å². The second-order valence-corrected chi connectivity index (χ2v) is 5.25. The zero-order valence-corrected chi connectivity index (χ0v) is 8.95. The highest BCUT2D eigenvalue weighted by atomic mass is 32.2. The Morgan fingerprint density at radius 2 is 1.45 bits per heavy atom. The predicted molar refractivity (Wildman–Crippen MR) is 54.0 cm³/mol. The molecule has 11 heavy (non-hydrogen) atoms. The highest BCUT2D eigenvalue weighted by Gasteiger charge is 2.30. The lowest BCUT2D eigenvalue weighted by atomic mass is 9.77. The molecule has 2 atom stereocenters. The fourth-order valence-electron chi connectivity index (χ4n) is 2.66. The van der Waals surface area contributed by atoms with Crippen molar-refractivity contribution in [1.29, 1.82) is 0 Å². The van der Waals surface area contributed by atoms with Gasteiger partial charge in [-0.25, -0.2) is 0 Å². The quantitative estimate of drug-likeness (QED) is 0.584. The molecule has 0 heterocycles. The maximum absolute atomic E-state index is 2.41. The number of rotatable bonds is 1. The van der Waals surface area contributed by atoms with Gasteiger partial charge in [0.15, 0.2) is 0 Å². The summed E-state index contributed by atoms with van der Waals surface area (Å²) in [7, 11) is 0. The molecule has 0 aliphatic heterocycles. The first-order valence-corrected chi connectivity index (χ1v) is 5.96. The molecule has 1 heteroatoms. The number of hydrogen-bond donors (Lipinski definition) is 0. The summed E-state index contributed by atoms with van der Waals surface area (Å²) in [5.74, 6) is 2.83. The molecule has 0 spiro atoms. The van der Waals surface area contributed by atoms with Crippen LogP contribution >= 0.6 is 11.8 Å². The van der Waals surface area contributed by atoms with Gasteiger partial charge >= 0.3 is 0 Å². The average molecular weight is 172 g/mol. The lowest BCUT2D eigenvalue weighted by Crippen LogP contribution is -2.30. The van der Waals surface area contributed by atoms with Crippen LogP contribution in [0.25, 0.3) is 0 Å². The highest BCUT2D eigenvalue weighted by molar-refractivity contribution is 7.99. The fraction of sp³-hybridized carbons (Fsp3) is 1.00. The molecule has 1 saturated carbocycles. The molecule has 66 valence electrons. The maximum atomic E-state index is 2.41. The summed E-state index contributed by atoms with van der Waals surface area (Å²) in [6, 6.07) is 0. The van der Waals surface area contributed by atoms with Gasteiger partial charge in [-0.2, -0.15) is 11.8 Å². The van der Waals surface area contributed by atoms with E-state index in [1.54, 1.807) is 0 Å². The standard InChI is InChI=1S/C10H20S/c1-7-5-8(2)10(11-4)9(3)6-7/h7-10H,5-6H2,1-4H3. The average Bonchev–Trinajstić information content (AvgIpc) is 1.85. The van der Waals surface area contributed by atoms with Crippen LogP contribution in [0, 0.1) is 17.8 Å². The summed E-state index contributed by atoms with van der Waals surface area (Å²) in [5, 5.41) is 0.922. The summed E-state index contributed by atoms with van der Waals surface area (Å²) < 4.78 is 0. The molecule has 0 radical (unpaired) electrons. The van der Waals surface area contributed by atoms with Crippen LogP contribution in [-0.4, -0.2) is 11.5 Å². The lowest BCUT2D eigenvalue weighted by Gasteiger charge is -2.36. The van der Waals surface area contributed by atoms with Crippen LogP contribution in [0.5, 0.6) is 0 Å². The van der Waals surface area contributed by atoms with Crippen molar-refractivity contribution < 1.29 is 0 Å². The second-order valence-electron chi connectivity index (χ2n) is 4.23. The van der Waals surface area contributed by atoms with Crippen molar-refractivity contribution in [2.24, 2.45) is 17.8 Å². The van der Waals surface area contributed by atoms with Gasteiger partial charge in [0.25, 0.3) is 0 Å². The van der Waals surface area contributed by atoms with Crippen molar-refractivity contribution in [2.75, 3.05) is 6.26 Å². The van der Waals surface area contributed by atoms with Gasteiger partial charge in [0, 0.05) is 5.25 Å². The van der Waals surface area contributed by atoms with Crippen molar-refractivity contribution in [3.05, 3.63) is 0 Å².